The van der Waals surface area contributed by atoms with Gasteiger partial charge in [-0.3, -0.25) is 14.4 Å². The van der Waals surface area contributed by atoms with E-state index in [-0.39, 0.29) is 30.7 Å². The fourth-order valence-electron chi connectivity index (χ4n) is 3.10. The van der Waals surface area contributed by atoms with E-state index in [2.05, 4.69) is 5.32 Å². The first-order chi connectivity index (χ1) is 13.1. The molecule has 1 atom stereocenters. The first-order valence-corrected chi connectivity index (χ1v) is 8.73. The van der Waals surface area contributed by atoms with Crippen LogP contribution in [0, 0.1) is 0 Å². The lowest BCUT2D eigenvalue weighted by Crippen LogP contribution is -2.38. The lowest BCUT2D eigenvalue weighted by atomic mass is 9.93. The van der Waals surface area contributed by atoms with Crippen molar-refractivity contribution in [1.82, 2.24) is 10.4 Å². The molecule has 1 amide bonds. The Morgan fingerprint density at radius 3 is 2.81 bits per heavy atom. The van der Waals surface area contributed by atoms with Gasteiger partial charge in [-0.15, -0.1) is 0 Å². The van der Waals surface area contributed by atoms with E-state index in [0.29, 0.717) is 13.0 Å². The average molecular weight is 370 g/mol. The number of amides is 1. The molecule has 0 radical (unpaired) electrons. The minimum atomic E-state index is -0.489. The monoisotopic (exact) mass is 370 g/mol. The molecule has 0 bridgehead atoms. The maximum Gasteiger partial charge on any atom is 0.308 e. The fraction of sp³-hybridized carbons (Fsp3) is 0.300. The van der Waals surface area contributed by atoms with Crippen LogP contribution in [0.2, 0.25) is 0 Å². The van der Waals surface area contributed by atoms with E-state index < -0.39 is 5.97 Å². The summed E-state index contributed by atoms with van der Waals surface area (Å²) in [5.74, 6) is -0.452. The van der Waals surface area contributed by atoms with Gasteiger partial charge in [-0.05, 0) is 41.8 Å². The zero-order valence-corrected chi connectivity index (χ0v) is 15.1. The molecular weight excluding hydrogens is 348 g/mol. The normalized spacial score (nSPS) is 15.7. The molecular formula is C20H22N2O5. The van der Waals surface area contributed by atoms with Gasteiger partial charge in [-0.2, -0.15) is 0 Å². The third kappa shape index (κ3) is 4.84. The number of phenolic OH excluding ortho intramolecular Hbond substituents is 1. The molecule has 0 saturated carbocycles. The number of ether oxygens (including phenoxy) is 1. The van der Waals surface area contributed by atoms with Crippen molar-refractivity contribution >= 4 is 12.4 Å². The molecule has 1 unspecified atom stereocenters. The van der Waals surface area contributed by atoms with Crippen molar-refractivity contribution in [3.8, 4) is 11.5 Å². The smallest absolute Gasteiger partial charge is 0.308 e. The summed E-state index contributed by atoms with van der Waals surface area (Å²) < 4.78 is 5.04. The van der Waals surface area contributed by atoms with Crippen LogP contribution < -0.4 is 10.1 Å². The number of carbonyl (C=O) groups is 2. The highest BCUT2D eigenvalue weighted by atomic mass is 16.7. The summed E-state index contributed by atoms with van der Waals surface area (Å²) in [5.41, 5.74) is 2.77. The SMILES string of the molecule is CC(=O)Oc1cc2c(cc1O)C(CN(C=O)OCc1ccccc1)NCC2. The Balaban J connectivity index is 1.71. The van der Waals surface area contributed by atoms with Gasteiger partial charge in [-0.25, -0.2) is 5.06 Å². The number of aromatic hydroxyl groups is 1. The third-order valence-electron chi connectivity index (χ3n) is 4.35. The molecule has 27 heavy (non-hydrogen) atoms. The van der Waals surface area contributed by atoms with Crippen LogP contribution >= 0.6 is 0 Å². The molecule has 1 heterocycles. The van der Waals surface area contributed by atoms with Gasteiger partial charge in [0.25, 0.3) is 0 Å². The van der Waals surface area contributed by atoms with Crippen molar-refractivity contribution in [3.63, 3.8) is 0 Å². The van der Waals surface area contributed by atoms with Crippen molar-refractivity contribution in [2.75, 3.05) is 13.1 Å². The van der Waals surface area contributed by atoms with Crippen LogP contribution in [0.5, 0.6) is 11.5 Å². The minimum Gasteiger partial charge on any atom is -0.504 e. The van der Waals surface area contributed by atoms with Crippen molar-refractivity contribution < 1.29 is 24.3 Å². The predicted octanol–water partition coefficient (Wildman–Crippen LogP) is 2.09. The van der Waals surface area contributed by atoms with Crippen molar-refractivity contribution in [2.24, 2.45) is 0 Å². The minimum absolute atomic E-state index is 0.111. The van der Waals surface area contributed by atoms with Crippen molar-refractivity contribution in [1.29, 1.82) is 0 Å². The second-order valence-electron chi connectivity index (χ2n) is 6.33. The summed E-state index contributed by atoms with van der Waals surface area (Å²) in [7, 11) is 0. The Labute approximate surface area is 157 Å². The molecule has 0 aromatic heterocycles. The number of phenols is 1. The number of nitrogens with zero attached hydrogens (tertiary/aromatic N) is 1. The first-order valence-electron chi connectivity index (χ1n) is 8.73. The van der Waals surface area contributed by atoms with Crippen LogP contribution in [0.1, 0.15) is 29.7 Å². The van der Waals surface area contributed by atoms with Gasteiger partial charge >= 0.3 is 5.97 Å². The summed E-state index contributed by atoms with van der Waals surface area (Å²) in [6.45, 7) is 2.56. The van der Waals surface area contributed by atoms with Crippen LogP contribution in [0.15, 0.2) is 42.5 Å². The van der Waals surface area contributed by atoms with E-state index in [1.165, 1.54) is 12.0 Å². The molecule has 2 aromatic carbocycles. The van der Waals surface area contributed by atoms with E-state index >= 15 is 0 Å². The van der Waals surface area contributed by atoms with Crippen LogP contribution in [-0.4, -0.2) is 35.6 Å². The van der Waals surface area contributed by atoms with Gasteiger partial charge in [0.15, 0.2) is 11.5 Å². The van der Waals surface area contributed by atoms with Crippen molar-refractivity contribution in [3.05, 3.63) is 59.2 Å². The van der Waals surface area contributed by atoms with Gasteiger partial charge in [-0.1, -0.05) is 30.3 Å². The number of hydroxylamine groups is 2. The lowest BCUT2D eigenvalue weighted by molar-refractivity contribution is -0.179. The Morgan fingerprint density at radius 1 is 1.33 bits per heavy atom. The first kappa shape index (κ1) is 18.9. The summed E-state index contributed by atoms with van der Waals surface area (Å²) in [5, 5.41) is 14.7. The van der Waals surface area contributed by atoms with Crippen LogP contribution in [0.4, 0.5) is 0 Å². The van der Waals surface area contributed by atoms with Gasteiger partial charge < -0.3 is 15.2 Å². The summed E-state index contributed by atoms with van der Waals surface area (Å²) in [6.07, 6.45) is 1.37. The predicted molar refractivity (Wildman–Crippen MR) is 97.9 cm³/mol. The largest absolute Gasteiger partial charge is 0.504 e. The average Bonchev–Trinajstić information content (AvgIpc) is 2.66. The maximum absolute atomic E-state index is 11.4. The second kappa shape index (κ2) is 8.66. The molecule has 2 aromatic rings. The van der Waals surface area contributed by atoms with E-state index in [1.54, 1.807) is 12.1 Å². The summed E-state index contributed by atoms with van der Waals surface area (Å²) >= 11 is 0. The van der Waals surface area contributed by atoms with Gasteiger partial charge in [0.2, 0.25) is 6.41 Å². The molecule has 1 aliphatic heterocycles. The number of hydrogen-bond acceptors (Lipinski definition) is 6. The molecule has 142 valence electrons. The zero-order valence-electron chi connectivity index (χ0n) is 15.1. The number of rotatable bonds is 7. The zero-order chi connectivity index (χ0) is 19.2. The second-order valence-corrected chi connectivity index (χ2v) is 6.33. The molecule has 0 fully saturated rings. The fourth-order valence-corrected chi connectivity index (χ4v) is 3.10. The number of nitrogens with one attached hydrogen (secondary N) is 1. The highest BCUT2D eigenvalue weighted by molar-refractivity contribution is 5.70. The topological polar surface area (TPSA) is 88.1 Å². The van der Waals surface area contributed by atoms with E-state index in [1.807, 2.05) is 30.3 Å². The van der Waals surface area contributed by atoms with Crippen LogP contribution in [-0.2, 0) is 27.5 Å². The van der Waals surface area contributed by atoms with E-state index in [0.717, 1.165) is 23.1 Å². The van der Waals surface area contributed by atoms with Gasteiger partial charge in [0, 0.05) is 6.92 Å². The highest BCUT2D eigenvalue weighted by Gasteiger charge is 2.24. The summed E-state index contributed by atoms with van der Waals surface area (Å²) in [4.78, 5) is 28.2. The lowest BCUT2D eigenvalue weighted by Gasteiger charge is -2.30. The molecule has 0 aliphatic carbocycles. The van der Waals surface area contributed by atoms with E-state index in [4.69, 9.17) is 9.57 Å². The van der Waals surface area contributed by atoms with Crippen LogP contribution in [0.25, 0.3) is 0 Å². The molecule has 0 saturated heterocycles. The molecule has 1 aliphatic rings. The van der Waals surface area contributed by atoms with E-state index in [9.17, 15) is 14.7 Å². The quantitative estimate of drug-likeness (QED) is 0.336. The Bertz CT molecular complexity index is 810. The number of hydrogen-bond donors (Lipinski definition) is 2. The Kier molecular flexibility index (Phi) is 6.05. The van der Waals surface area contributed by atoms with Crippen LogP contribution in [0.3, 0.4) is 0 Å². The van der Waals surface area contributed by atoms with Gasteiger partial charge in [0.05, 0.1) is 12.6 Å². The molecule has 2 N–H and O–H groups in total. The molecule has 7 nitrogen and oxygen atoms in total. The Morgan fingerprint density at radius 2 is 2.11 bits per heavy atom. The number of benzene rings is 2. The summed E-state index contributed by atoms with van der Waals surface area (Å²) in [6, 6.07) is 12.6. The number of fused-ring (bicyclic) bond motifs is 1. The molecule has 7 heteroatoms. The third-order valence-corrected chi connectivity index (χ3v) is 4.35. The number of carbonyl (C=O) groups excluding carboxylic acids is 2. The molecule has 3 rings (SSSR count). The highest BCUT2D eigenvalue weighted by Crippen LogP contribution is 2.35. The number of esters is 1. The Hall–Kier alpha value is -2.90. The van der Waals surface area contributed by atoms with Crippen molar-refractivity contribution in [2.45, 2.75) is 26.0 Å². The maximum atomic E-state index is 11.4. The van der Waals surface area contributed by atoms with Gasteiger partial charge in [0.1, 0.15) is 6.61 Å². The standard InChI is InChI=1S/C20H22N2O5/c1-14(24)27-20-9-16-7-8-21-18(17(16)10-19(20)25)11-22(13-23)26-12-15-5-3-2-4-6-15/h2-6,9-10,13,18,21,25H,7-8,11-12H2,1H3. The molecule has 0 spiro atoms.